The maximum atomic E-state index is 12.2. The molecule has 11 heteroatoms. The van der Waals surface area contributed by atoms with E-state index in [1.807, 2.05) is 0 Å². The van der Waals surface area contributed by atoms with Crippen LogP contribution in [0.4, 0.5) is 24.0 Å². The van der Waals surface area contributed by atoms with E-state index in [4.69, 9.17) is 0 Å². The first kappa shape index (κ1) is 20.0. The number of benzene rings is 1. The number of anilines is 2. The summed E-state index contributed by atoms with van der Waals surface area (Å²) in [5.74, 6) is -0.665. The SMILES string of the molecule is C=CCNc1nnc(S[C@@H](C)C(=O)Nc2ccc(OC(F)(F)F)cc2)s1. The number of carbonyl (C=O) groups is 1. The van der Waals surface area contributed by atoms with Gasteiger partial charge in [-0.05, 0) is 31.2 Å². The standard InChI is InChI=1S/C15H15F3N4O2S2/c1-3-8-19-13-21-22-14(26-13)25-9(2)12(23)20-10-4-6-11(7-5-10)24-15(16,17)18/h3-7,9H,1,8H2,2H3,(H,19,21)(H,20,23)/t9-/m0/s1. The van der Waals surface area contributed by atoms with Crippen LogP contribution >= 0.6 is 23.1 Å². The van der Waals surface area contributed by atoms with Crippen molar-refractivity contribution in [3.63, 3.8) is 0 Å². The Bertz CT molecular complexity index is 750. The molecule has 140 valence electrons. The summed E-state index contributed by atoms with van der Waals surface area (Å²) < 4.78 is 40.8. The third-order valence-corrected chi connectivity index (χ3v) is 4.87. The van der Waals surface area contributed by atoms with Crippen LogP contribution in [0.2, 0.25) is 0 Å². The summed E-state index contributed by atoms with van der Waals surface area (Å²) in [5.41, 5.74) is 0.363. The second-order valence-corrected chi connectivity index (χ2v) is 7.43. The van der Waals surface area contributed by atoms with Gasteiger partial charge in [-0.3, -0.25) is 4.79 Å². The number of nitrogens with zero attached hydrogens (tertiary/aromatic N) is 2. The maximum Gasteiger partial charge on any atom is 0.573 e. The van der Waals surface area contributed by atoms with Crippen molar-refractivity contribution in [1.82, 2.24) is 10.2 Å². The van der Waals surface area contributed by atoms with Crippen molar-refractivity contribution in [2.75, 3.05) is 17.2 Å². The van der Waals surface area contributed by atoms with E-state index in [1.54, 1.807) is 13.0 Å². The lowest BCUT2D eigenvalue weighted by Crippen LogP contribution is -2.22. The fourth-order valence-electron chi connectivity index (χ4n) is 1.68. The minimum Gasteiger partial charge on any atom is -0.406 e. The van der Waals surface area contributed by atoms with E-state index in [2.05, 4.69) is 32.1 Å². The summed E-state index contributed by atoms with van der Waals surface area (Å²) in [5, 5.41) is 13.7. The number of hydrogen-bond acceptors (Lipinski definition) is 7. The average Bonchev–Trinajstić information content (AvgIpc) is 3.00. The number of rotatable bonds is 8. The molecule has 0 aliphatic rings. The van der Waals surface area contributed by atoms with Gasteiger partial charge in [-0.2, -0.15) is 0 Å². The highest BCUT2D eigenvalue weighted by Crippen LogP contribution is 2.29. The number of halogens is 3. The van der Waals surface area contributed by atoms with Crippen molar-refractivity contribution in [1.29, 1.82) is 0 Å². The zero-order valence-electron chi connectivity index (χ0n) is 13.5. The number of aromatic nitrogens is 2. The predicted molar refractivity (Wildman–Crippen MR) is 95.7 cm³/mol. The molecule has 0 fully saturated rings. The van der Waals surface area contributed by atoms with Crippen LogP contribution in [0.15, 0.2) is 41.3 Å². The molecule has 2 N–H and O–H groups in total. The Hall–Kier alpha value is -2.27. The maximum absolute atomic E-state index is 12.2. The summed E-state index contributed by atoms with van der Waals surface area (Å²) in [4.78, 5) is 12.2. The molecule has 0 aliphatic carbocycles. The number of amides is 1. The minimum absolute atomic E-state index is 0.310. The summed E-state index contributed by atoms with van der Waals surface area (Å²) in [7, 11) is 0. The lowest BCUT2D eigenvalue weighted by molar-refractivity contribution is -0.274. The van der Waals surface area contributed by atoms with Crippen molar-refractivity contribution in [2.45, 2.75) is 22.9 Å². The highest BCUT2D eigenvalue weighted by Gasteiger charge is 2.31. The summed E-state index contributed by atoms with van der Waals surface area (Å²) in [6.45, 7) is 5.84. The van der Waals surface area contributed by atoms with Gasteiger partial charge in [-0.25, -0.2) is 0 Å². The molecule has 0 unspecified atom stereocenters. The van der Waals surface area contributed by atoms with E-state index in [-0.39, 0.29) is 11.7 Å². The van der Waals surface area contributed by atoms with Gasteiger partial charge in [0.25, 0.3) is 0 Å². The molecule has 0 aliphatic heterocycles. The second kappa shape index (κ2) is 8.90. The van der Waals surface area contributed by atoms with Crippen LogP contribution in [0, 0.1) is 0 Å². The molecule has 0 spiro atoms. The van der Waals surface area contributed by atoms with Crippen LogP contribution in [-0.4, -0.2) is 34.3 Å². The molecule has 1 atom stereocenters. The first-order chi connectivity index (χ1) is 12.3. The largest absolute Gasteiger partial charge is 0.573 e. The number of thioether (sulfide) groups is 1. The van der Waals surface area contributed by atoms with Crippen LogP contribution in [0.1, 0.15) is 6.92 Å². The number of alkyl halides is 3. The second-order valence-electron chi connectivity index (χ2n) is 4.86. The lowest BCUT2D eigenvalue weighted by atomic mass is 10.3. The first-order valence-corrected chi connectivity index (χ1v) is 8.98. The third-order valence-electron chi connectivity index (χ3n) is 2.81. The van der Waals surface area contributed by atoms with Crippen LogP contribution in [0.5, 0.6) is 5.75 Å². The van der Waals surface area contributed by atoms with E-state index in [0.717, 1.165) is 12.1 Å². The first-order valence-electron chi connectivity index (χ1n) is 7.28. The van der Waals surface area contributed by atoms with Crippen molar-refractivity contribution < 1.29 is 22.7 Å². The van der Waals surface area contributed by atoms with Gasteiger partial charge in [-0.1, -0.05) is 29.2 Å². The predicted octanol–water partition coefficient (Wildman–Crippen LogP) is 4.15. The quantitative estimate of drug-likeness (QED) is 0.508. The monoisotopic (exact) mass is 404 g/mol. The van der Waals surface area contributed by atoms with Gasteiger partial charge in [0.2, 0.25) is 11.0 Å². The Morgan fingerprint density at radius 2 is 2.08 bits per heavy atom. The smallest absolute Gasteiger partial charge is 0.406 e. The minimum atomic E-state index is -4.75. The molecule has 1 aromatic heterocycles. The molecule has 6 nitrogen and oxygen atoms in total. The zero-order chi connectivity index (χ0) is 19.2. The highest BCUT2D eigenvalue weighted by atomic mass is 32.2. The van der Waals surface area contributed by atoms with Crippen LogP contribution in [0.3, 0.4) is 0 Å². The molecule has 1 heterocycles. The third kappa shape index (κ3) is 6.56. The summed E-state index contributed by atoms with van der Waals surface area (Å²) in [6, 6.07) is 4.92. The van der Waals surface area contributed by atoms with Crippen molar-refractivity contribution in [3.8, 4) is 5.75 Å². The van der Waals surface area contributed by atoms with Crippen molar-refractivity contribution in [2.24, 2.45) is 0 Å². The van der Waals surface area contributed by atoms with Crippen LogP contribution < -0.4 is 15.4 Å². The molecule has 0 saturated carbocycles. The molecule has 0 saturated heterocycles. The van der Waals surface area contributed by atoms with Gasteiger partial charge >= 0.3 is 6.36 Å². The van der Waals surface area contributed by atoms with Gasteiger partial charge in [-0.15, -0.1) is 29.9 Å². The van der Waals surface area contributed by atoms with E-state index >= 15 is 0 Å². The van der Waals surface area contributed by atoms with Crippen LogP contribution in [-0.2, 0) is 4.79 Å². The number of nitrogens with one attached hydrogen (secondary N) is 2. The summed E-state index contributed by atoms with van der Waals surface area (Å²) in [6.07, 6.45) is -3.06. The van der Waals surface area contributed by atoms with Gasteiger partial charge in [0.15, 0.2) is 4.34 Å². The molecule has 1 amide bonds. The molecule has 2 rings (SSSR count). The number of carbonyl (C=O) groups excluding carboxylic acids is 1. The van der Waals surface area contributed by atoms with Crippen molar-refractivity contribution >= 4 is 39.8 Å². The fourth-order valence-corrected chi connectivity index (χ4v) is 3.58. The van der Waals surface area contributed by atoms with Gasteiger partial charge < -0.3 is 15.4 Å². The van der Waals surface area contributed by atoms with Gasteiger partial charge in [0.1, 0.15) is 5.75 Å². The van der Waals surface area contributed by atoms with Gasteiger partial charge in [0.05, 0.1) is 5.25 Å². The highest BCUT2D eigenvalue weighted by molar-refractivity contribution is 8.02. The number of ether oxygens (including phenoxy) is 1. The van der Waals surface area contributed by atoms with Gasteiger partial charge in [0, 0.05) is 12.2 Å². The molecular weight excluding hydrogens is 389 g/mol. The van der Waals surface area contributed by atoms with Crippen LogP contribution in [0.25, 0.3) is 0 Å². The Balaban J connectivity index is 1.88. The fraction of sp³-hybridized carbons (Fsp3) is 0.267. The van der Waals surface area contributed by atoms with E-state index < -0.39 is 11.6 Å². The summed E-state index contributed by atoms with van der Waals surface area (Å²) >= 11 is 2.54. The average molecular weight is 404 g/mol. The molecule has 2 aromatic rings. The zero-order valence-corrected chi connectivity index (χ0v) is 15.2. The Kier molecular flexibility index (Phi) is 6.86. The topological polar surface area (TPSA) is 76.1 Å². The lowest BCUT2D eigenvalue weighted by Gasteiger charge is -2.12. The van der Waals surface area contributed by atoms with Crippen molar-refractivity contribution in [3.05, 3.63) is 36.9 Å². The molecule has 1 aromatic carbocycles. The molecule has 0 bridgehead atoms. The molecule has 26 heavy (non-hydrogen) atoms. The van der Waals surface area contributed by atoms with E-state index in [1.165, 1.54) is 35.2 Å². The number of hydrogen-bond donors (Lipinski definition) is 2. The molecule has 0 radical (unpaired) electrons. The van der Waals surface area contributed by atoms with E-state index in [0.29, 0.717) is 21.7 Å². The molecular formula is C15H15F3N4O2S2. The normalized spacial score (nSPS) is 12.3. The Morgan fingerprint density at radius 3 is 2.69 bits per heavy atom. The Labute approximate surface area is 155 Å². The van der Waals surface area contributed by atoms with E-state index in [9.17, 15) is 18.0 Å². The Morgan fingerprint density at radius 1 is 1.38 bits per heavy atom.